The molecule has 88 valence electrons. The van der Waals surface area contributed by atoms with Crippen LogP contribution in [0.15, 0.2) is 18.2 Å². The molecule has 0 amide bonds. The third-order valence-corrected chi connectivity index (χ3v) is 3.32. The van der Waals surface area contributed by atoms with Gasteiger partial charge in [-0.15, -0.1) is 0 Å². The third kappa shape index (κ3) is 2.89. The first-order valence-electron chi connectivity index (χ1n) is 5.99. The van der Waals surface area contributed by atoms with Crippen molar-refractivity contribution in [2.24, 2.45) is 0 Å². The van der Waals surface area contributed by atoms with Gasteiger partial charge in [-0.1, -0.05) is 11.6 Å². The molecule has 0 saturated carbocycles. The zero-order valence-corrected chi connectivity index (χ0v) is 10.6. The number of hydrogen-bond donors (Lipinski definition) is 1. The van der Waals surface area contributed by atoms with E-state index in [1.807, 2.05) is 12.1 Å². The molecule has 1 aromatic carbocycles. The maximum atomic E-state index is 5.98. The summed E-state index contributed by atoms with van der Waals surface area (Å²) in [5.41, 5.74) is 2.60. The molecule has 2 nitrogen and oxygen atoms in total. The fourth-order valence-electron chi connectivity index (χ4n) is 2.22. The molecule has 0 bridgehead atoms. The third-order valence-electron chi connectivity index (χ3n) is 3.09. The molecule has 1 heterocycles. The van der Waals surface area contributed by atoms with E-state index in [1.54, 1.807) is 0 Å². The first-order valence-corrected chi connectivity index (χ1v) is 6.37. The average molecular weight is 239 g/mol. The Hall–Kier alpha value is -0.730. The van der Waals surface area contributed by atoms with Crippen LogP contribution in [0.25, 0.3) is 0 Å². The van der Waals surface area contributed by atoms with Gasteiger partial charge in [0.25, 0.3) is 0 Å². The summed E-state index contributed by atoms with van der Waals surface area (Å²) < 4.78 is 0. The number of halogens is 1. The molecular formula is C13H19ClN2. The number of aryl methyl sites for hydroxylation is 1. The summed E-state index contributed by atoms with van der Waals surface area (Å²) in [6.45, 7) is 6.61. The monoisotopic (exact) mass is 238 g/mol. The summed E-state index contributed by atoms with van der Waals surface area (Å²) in [5, 5.41) is 4.28. The van der Waals surface area contributed by atoms with E-state index in [4.69, 9.17) is 11.6 Å². The normalized spacial score (nSPS) is 18.0. The quantitative estimate of drug-likeness (QED) is 0.810. The Morgan fingerprint density at radius 2 is 2.06 bits per heavy atom. The Morgan fingerprint density at radius 1 is 1.19 bits per heavy atom. The van der Waals surface area contributed by atoms with E-state index in [9.17, 15) is 0 Å². The second kappa shape index (κ2) is 5.55. The van der Waals surface area contributed by atoms with Crippen LogP contribution in [0, 0.1) is 6.92 Å². The lowest BCUT2D eigenvalue weighted by atomic mass is 10.1. The van der Waals surface area contributed by atoms with Crippen LogP contribution in [-0.4, -0.2) is 26.2 Å². The first kappa shape index (κ1) is 11.7. The molecule has 1 aliphatic rings. The lowest BCUT2D eigenvalue weighted by Gasteiger charge is -2.28. The lowest BCUT2D eigenvalue weighted by molar-refractivity contribution is 0.566. The minimum Gasteiger partial charge on any atom is -0.370 e. The van der Waals surface area contributed by atoms with Crippen molar-refractivity contribution in [3.8, 4) is 0 Å². The van der Waals surface area contributed by atoms with Crippen LogP contribution >= 0.6 is 11.6 Å². The largest absolute Gasteiger partial charge is 0.370 e. The second-order valence-electron chi connectivity index (χ2n) is 4.37. The fraction of sp³-hybridized carbons (Fsp3) is 0.538. The van der Waals surface area contributed by atoms with Gasteiger partial charge < -0.3 is 10.2 Å². The summed E-state index contributed by atoms with van der Waals surface area (Å²) in [7, 11) is 0. The SMILES string of the molecule is Cc1cc(Cl)ccc1N1CCCCNCC1. The van der Waals surface area contributed by atoms with Gasteiger partial charge in [0.15, 0.2) is 0 Å². The zero-order chi connectivity index (χ0) is 11.4. The van der Waals surface area contributed by atoms with Crippen molar-refractivity contribution in [2.75, 3.05) is 31.1 Å². The standard InChI is InChI=1S/C13H19ClN2/c1-11-10-12(14)4-5-13(11)16-8-3-2-6-15-7-9-16/h4-5,10,15H,2-3,6-9H2,1H3. The minimum absolute atomic E-state index is 0.825. The Labute approximate surface area is 103 Å². The van der Waals surface area contributed by atoms with Crippen LogP contribution in [-0.2, 0) is 0 Å². The van der Waals surface area contributed by atoms with E-state index in [0.29, 0.717) is 0 Å². The van der Waals surface area contributed by atoms with Crippen molar-refractivity contribution in [2.45, 2.75) is 19.8 Å². The fourth-order valence-corrected chi connectivity index (χ4v) is 2.44. The number of nitrogens with one attached hydrogen (secondary N) is 1. The maximum absolute atomic E-state index is 5.98. The van der Waals surface area contributed by atoms with E-state index in [0.717, 1.165) is 31.2 Å². The van der Waals surface area contributed by atoms with Gasteiger partial charge in [-0.25, -0.2) is 0 Å². The summed E-state index contributed by atoms with van der Waals surface area (Å²) in [6.07, 6.45) is 2.53. The maximum Gasteiger partial charge on any atom is 0.0410 e. The topological polar surface area (TPSA) is 15.3 Å². The predicted octanol–water partition coefficient (Wildman–Crippen LogP) is 2.84. The molecule has 1 aliphatic heterocycles. The van der Waals surface area contributed by atoms with E-state index in [2.05, 4.69) is 23.2 Å². The van der Waals surface area contributed by atoms with Gasteiger partial charge >= 0.3 is 0 Å². The molecule has 0 aliphatic carbocycles. The summed E-state index contributed by atoms with van der Waals surface area (Å²) >= 11 is 5.98. The Balaban J connectivity index is 2.14. The molecule has 16 heavy (non-hydrogen) atoms. The lowest BCUT2D eigenvalue weighted by Crippen LogP contribution is -2.36. The van der Waals surface area contributed by atoms with Crippen LogP contribution < -0.4 is 10.2 Å². The van der Waals surface area contributed by atoms with Crippen LogP contribution in [0.2, 0.25) is 5.02 Å². The van der Waals surface area contributed by atoms with Crippen LogP contribution in [0.5, 0.6) is 0 Å². The Morgan fingerprint density at radius 3 is 2.88 bits per heavy atom. The van der Waals surface area contributed by atoms with Gasteiger partial charge in [0, 0.05) is 30.3 Å². The van der Waals surface area contributed by atoms with Crippen LogP contribution in [0.4, 0.5) is 5.69 Å². The molecule has 0 unspecified atom stereocenters. The van der Waals surface area contributed by atoms with E-state index >= 15 is 0 Å². The van der Waals surface area contributed by atoms with Crippen LogP contribution in [0.1, 0.15) is 18.4 Å². The van der Waals surface area contributed by atoms with Crippen molar-refractivity contribution in [1.29, 1.82) is 0 Å². The highest BCUT2D eigenvalue weighted by molar-refractivity contribution is 6.30. The molecule has 3 heteroatoms. The summed E-state index contributed by atoms with van der Waals surface area (Å²) in [5.74, 6) is 0. The summed E-state index contributed by atoms with van der Waals surface area (Å²) in [6, 6.07) is 6.17. The summed E-state index contributed by atoms with van der Waals surface area (Å²) in [4.78, 5) is 2.46. The molecule has 2 rings (SSSR count). The molecule has 0 radical (unpaired) electrons. The average Bonchev–Trinajstić information content (AvgIpc) is 2.19. The molecule has 1 N–H and O–H groups in total. The minimum atomic E-state index is 0.825. The molecule has 0 aromatic heterocycles. The number of hydrogen-bond acceptors (Lipinski definition) is 2. The van der Waals surface area contributed by atoms with Gasteiger partial charge in [-0.05, 0) is 50.1 Å². The molecule has 1 saturated heterocycles. The van der Waals surface area contributed by atoms with E-state index < -0.39 is 0 Å². The van der Waals surface area contributed by atoms with Gasteiger partial charge in [-0.2, -0.15) is 0 Å². The van der Waals surface area contributed by atoms with Gasteiger partial charge in [0.2, 0.25) is 0 Å². The van der Waals surface area contributed by atoms with Gasteiger partial charge in [-0.3, -0.25) is 0 Å². The molecular weight excluding hydrogens is 220 g/mol. The number of nitrogens with zero attached hydrogens (tertiary/aromatic N) is 1. The van der Waals surface area contributed by atoms with Gasteiger partial charge in [0.1, 0.15) is 0 Å². The van der Waals surface area contributed by atoms with Crippen LogP contribution in [0.3, 0.4) is 0 Å². The van der Waals surface area contributed by atoms with Crippen molar-refractivity contribution in [1.82, 2.24) is 5.32 Å². The van der Waals surface area contributed by atoms with Gasteiger partial charge in [0.05, 0.1) is 0 Å². The van der Waals surface area contributed by atoms with Crippen molar-refractivity contribution in [3.63, 3.8) is 0 Å². The molecule has 1 aromatic rings. The number of rotatable bonds is 1. The predicted molar refractivity (Wildman–Crippen MR) is 70.5 cm³/mol. The molecule has 0 spiro atoms. The highest BCUT2D eigenvalue weighted by atomic mass is 35.5. The Bertz CT molecular complexity index is 344. The highest BCUT2D eigenvalue weighted by Gasteiger charge is 2.10. The van der Waals surface area contributed by atoms with Crippen molar-refractivity contribution < 1.29 is 0 Å². The van der Waals surface area contributed by atoms with E-state index in [-0.39, 0.29) is 0 Å². The highest BCUT2D eigenvalue weighted by Crippen LogP contribution is 2.24. The van der Waals surface area contributed by atoms with E-state index in [1.165, 1.54) is 24.1 Å². The van der Waals surface area contributed by atoms with Crippen molar-refractivity contribution >= 4 is 17.3 Å². The number of anilines is 1. The molecule has 1 fully saturated rings. The second-order valence-corrected chi connectivity index (χ2v) is 4.81. The molecule has 0 atom stereocenters. The number of benzene rings is 1. The Kier molecular flexibility index (Phi) is 4.08. The zero-order valence-electron chi connectivity index (χ0n) is 9.80. The first-order chi connectivity index (χ1) is 7.77. The van der Waals surface area contributed by atoms with Crippen molar-refractivity contribution in [3.05, 3.63) is 28.8 Å². The smallest absolute Gasteiger partial charge is 0.0410 e.